The highest BCUT2D eigenvalue weighted by atomic mass is 16.5. The van der Waals surface area contributed by atoms with Crippen LogP contribution in [0.1, 0.15) is 25.5 Å². The number of hydrogen-bond acceptors (Lipinski definition) is 5. The SMILES string of the molecule is CCNC(=O)C1CCCN1c1nc(C)c2cc(OC)ccc2n1. The average molecular weight is 314 g/mol. The summed E-state index contributed by atoms with van der Waals surface area (Å²) >= 11 is 0. The van der Waals surface area contributed by atoms with Crippen molar-refractivity contribution >= 4 is 22.8 Å². The molecule has 23 heavy (non-hydrogen) atoms. The first-order chi connectivity index (χ1) is 11.1. The van der Waals surface area contributed by atoms with Crippen molar-refractivity contribution in [3.05, 3.63) is 23.9 Å². The Hall–Kier alpha value is -2.37. The third kappa shape index (κ3) is 2.93. The van der Waals surface area contributed by atoms with Crippen LogP contribution in [0.2, 0.25) is 0 Å². The number of likely N-dealkylation sites (N-methyl/N-ethyl adjacent to an activating group) is 1. The summed E-state index contributed by atoms with van der Waals surface area (Å²) in [7, 11) is 1.65. The predicted octanol–water partition coefficient (Wildman–Crippen LogP) is 2.05. The topological polar surface area (TPSA) is 67.4 Å². The standard InChI is InChI=1S/C17H22N4O2/c1-4-18-16(22)15-6-5-9-21(15)17-19-11(2)13-10-12(23-3)7-8-14(13)20-17/h7-8,10,15H,4-6,9H2,1-3H3,(H,18,22). The minimum atomic E-state index is -0.176. The van der Waals surface area contributed by atoms with Crippen LogP contribution in [0.3, 0.4) is 0 Å². The first kappa shape index (κ1) is 15.5. The van der Waals surface area contributed by atoms with E-state index >= 15 is 0 Å². The Morgan fingerprint density at radius 3 is 3.00 bits per heavy atom. The van der Waals surface area contributed by atoms with Crippen molar-refractivity contribution in [2.45, 2.75) is 32.7 Å². The molecule has 2 aromatic rings. The van der Waals surface area contributed by atoms with E-state index in [-0.39, 0.29) is 11.9 Å². The maximum absolute atomic E-state index is 12.2. The summed E-state index contributed by atoms with van der Waals surface area (Å²) < 4.78 is 5.26. The van der Waals surface area contributed by atoms with Gasteiger partial charge in [-0.2, -0.15) is 0 Å². The van der Waals surface area contributed by atoms with Gasteiger partial charge in [0, 0.05) is 18.5 Å². The first-order valence-corrected chi connectivity index (χ1v) is 8.00. The molecule has 122 valence electrons. The fraction of sp³-hybridized carbons (Fsp3) is 0.471. The van der Waals surface area contributed by atoms with Crippen LogP contribution >= 0.6 is 0 Å². The van der Waals surface area contributed by atoms with Crippen LogP contribution in [-0.2, 0) is 4.79 Å². The molecule has 1 amide bonds. The molecule has 1 unspecified atom stereocenters. The van der Waals surface area contributed by atoms with Crippen molar-refractivity contribution in [2.24, 2.45) is 0 Å². The van der Waals surface area contributed by atoms with E-state index < -0.39 is 0 Å². The molecule has 1 aliphatic heterocycles. The van der Waals surface area contributed by atoms with Gasteiger partial charge in [0.05, 0.1) is 18.3 Å². The van der Waals surface area contributed by atoms with Crippen molar-refractivity contribution < 1.29 is 9.53 Å². The fourth-order valence-electron chi connectivity index (χ4n) is 3.07. The van der Waals surface area contributed by atoms with E-state index in [0.29, 0.717) is 12.5 Å². The van der Waals surface area contributed by atoms with Crippen molar-refractivity contribution in [2.75, 3.05) is 25.1 Å². The Labute approximate surface area is 135 Å². The van der Waals surface area contributed by atoms with E-state index in [1.54, 1.807) is 7.11 Å². The number of benzene rings is 1. The Morgan fingerprint density at radius 1 is 1.43 bits per heavy atom. The second-order valence-corrected chi connectivity index (χ2v) is 5.74. The zero-order chi connectivity index (χ0) is 16.4. The lowest BCUT2D eigenvalue weighted by Crippen LogP contribution is -2.44. The van der Waals surface area contributed by atoms with E-state index in [9.17, 15) is 4.79 Å². The summed E-state index contributed by atoms with van der Waals surface area (Å²) in [5.41, 5.74) is 1.76. The molecule has 1 aliphatic rings. The molecule has 1 aromatic heterocycles. The highest BCUT2D eigenvalue weighted by Gasteiger charge is 2.32. The number of aromatic nitrogens is 2. The number of fused-ring (bicyclic) bond motifs is 1. The van der Waals surface area contributed by atoms with E-state index in [1.807, 2.05) is 36.9 Å². The van der Waals surface area contributed by atoms with Crippen LogP contribution in [0, 0.1) is 6.92 Å². The number of rotatable bonds is 4. The van der Waals surface area contributed by atoms with Crippen molar-refractivity contribution in [3.8, 4) is 5.75 Å². The van der Waals surface area contributed by atoms with Gasteiger partial charge in [0.15, 0.2) is 0 Å². The molecule has 0 saturated carbocycles. The fourth-order valence-corrected chi connectivity index (χ4v) is 3.07. The molecule has 6 nitrogen and oxygen atoms in total. The van der Waals surface area contributed by atoms with E-state index in [0.717, 1.165) is 41.7 Å². The molecule has 1 fully saturated rings. The molecular weight excluding hydrogens is 292 g/mol. The Kier molecular flexibility index (Phi) is 4.32. The number of nitrogens with one attached hydrogen (secondary N) is 1. The average Bonchev–Trinajstić information content (AvgIpc) is 3.04. The number of amides is 1. The summed E-state index contributed by atoms with van der Waals surface area (Å²) in [6.07, 6.45) is 1.82. The second-order valence-electron chi connectivity index (χ2n) is 5.74. The lowest BCUT2D eigenvalue weighted by atomic mass is 10.2. The van der Waals surface area contributed by atoms with Crippen molar-refractivity contribution in [3.63, 3.8) is 0 Å². The molecule has 0 spiro atoms. The number of methoxy groups -OCH3 is 1. The van der Waals surface area contributed by atoms with Gasteiger partial charge in [0.2, 0.25) is 11.9 Å². The minimum Gasteiger partial charge on any atom is -0.497 e. The highest BCUT2D eigenvalue weighted by Crippen LogP contribution is 2.27. The second kappa shape index (κ2) is 6.40. The lowest BCUT2D eigenvalue weighted by Gasteiger charge is -2.24. The van der Waals surface area contributed by atoms with Crippen LogP contribution in [0.5, 0.6) is 5.75 Å². The van der Waals surface area contributed by atoms with Crippen LogP contribution in [-0.4, -0.2) is 42.1 Å². The maximum Gasteiger partial charge on any atom is 0.242 e. The molecule has 1 atom stereocenters. The number of aryl methyl sites for hydroxylation is 1. The van der Waals surface area contributed by atoms with Crippen LogP contribution in [0.15, 0.2) is 18.2 Å². The van der Waals surface area contributed by atoms with Gasteiger partial charge >= 0.3 is 0 Å². The summed E-state index contributed by atoms with van der Waals surface area (Å²) in [5, 5.41) is 3.88. The molecule has 2 heterocycles. The molecule has 0 aliphatic carbocycles. The molecular formula is C17H22N4O2. The molecule has 1 aromatic carbocycles. The van der Waals surface area contributed by atoms with Gasteiger partial charge in [0.25, 0.3) is 0 Å². The molecule has 6 heteroatoms. The zero-order valence-corrected chi connectivity index (χ0v) is 13.8. The zero-order valence-electron chi connectivity index (χ0n) is 13.8. The van der Waals surface area contributed by atoms with E-state index in [2.05, 4.69) is 15.3 Å². The normalized spacial score (nSPS) is 17.5. The van der Waals surface area contributed by atoms with Gasteiger partial charge in [-0.05, 0) is 44.9 Å². The Bertz CT molecular complexity index is 732. The van der Waals surface area contributed by atoms with Crippen LogP contribution in [0.4, 0.5) is 5.95 Å². The number of carbonyl (C=O) groups is 1. The third-order valence-corrected chi connectivity index (χ3v) is 4.25. The largest absolute Gasteiger partial charge is 0.497 e. The van der Waals surface area contributed by atoms with E-state index in [4.69, 9.17) is 4.74 Å². The number of anilines is 1. The number of nitrogens with zero attached hydrogens (tertiary/aromatic N) is 3. The molecule has 3 rings (SSSR count). The van der Waals surface area contributed by atoms with Gasteiger partial charge in [-0.1, -0.05) is 0 Å². The monoisotopic (exact) mass is 314 g/mol. The molecule has 1 saturated heterocycles. The Morgan fingerprint density at radius 2 is 2.26 bits per heavy atom. The number of ether oxygens (including phenoxy) is 1. The molecule has 1 N–H and O–H groups in total. The smallest absolute Gasteiger partial charge is 0.242 e. The molecule has 0 radical (unpaired) electrons. The number of hydrogen-bond donors (Lipinski definition) is 1. The third-order valence-electron chi connectivity index (χ3n) is 4.25. The predicted molar refractivity (Wildman–Crippen MR) is 89.9 cm³/mol. The summed E-state index contributed by atoms with van der Waals surface area (Å²) in [6.45, 7) is 5.34. The summed E-state index contributed by atoms with van der Waals surface area (Å²) in [6, 6.07) is 5.60. The maximum atomic E-state index is 12.2. The summed E-state index contributed by atoms with van der Waals surface area (Å²) in [5.74, 6) is 1.48. The van der Waals surface area contributed by atoms with Crippen molar-refractivity contribution in [1.82, 2.24) is 15.3 Å². The van der Waals surface area contributed by atoms with Crippen molar-refractivity contribution in [1.29, 1.82) is 0 Å². The molecule has 0 bridgehead atoms. The first-order valence-electron chi connectivity index (χ1n) is 8.00. The highest BCUT2D eigenvalue weighted by molar-refractivity contribution is 5.87. The Balaban J connectivity index is 1.98. The van der Waals surface area contributed by atoms with Gasteiger partial charge < -0.3 is 15.0 Å². The van der Waals surface area contributed by atoms with Crippen LogP contribution in [0.25, 0.3) is 10.9 Å². The van der Waals surface area contributed by atoms with Crippen LogP contribution < -0.4 is 15.0 Å². The van der Waals surface area contributed by atoms with Gasteiger partial charge in [-0.3, -0.25) is 4.79 Å². The van der Waals surface area contributed by atoms with Gasteiger partial charge in [-0.15, -0.1) is 0 Å². The number of carbonyl (C=O) groups excluding carboxylic acids is 1. The quantitative estimate of drug-likeness (QED) is 0.935. The summed E-state index contributed by atoms with van der Waals surface area (Å²) in [4.78, 5) is 23.5. The van der Waals surface area contributed by atoms with Gasteiger partial charge in [-0.25, -0.2) is 9.97 Å². The lowest BCUT2D eigenvalue weighted by molar-refractivity contribution is -0.122. The van der Waals surface area contributed by atoms with E-state index in [1.165, 1.54) is 0 Å². The minimum absolute atomic E-state index is 0.0566. The van der Waals surface area contributed by atoms with Gasteiger partial charge in [0.1, 0.15) is 11.8 Å².